The molecule has 2 N–H and O–H groups in total. The summed E-state index contributed by atoms with van der Waals surface area (Å²) in [6.45, 7) is 3.86. The number of aromatic nitrogens is 1. The Balaban J connectivity index is 2.47. The molecule has 0 aromatic carbocycles. The Morgan fingerprint density at radius 2 is 2.13 bits per heavy atom. The van der Waals surface area contributed by atoms with Gasteiger partial charge in [-0.05, 0) is 12.7 Å². The zero-order valence-corrected chi connectivity index (χ0v) is 16.0. The van der Waals surface area contributed by atoms with E-state index in [0.29, 0.717) is 5.96 Å². The lowest BCUT2D eigenvalue weighted by atomic mass is 10.4. The molecule has 0 aliphatic heterocycles. The van der Waals surface area contributed by atoms with Crippen LogP contribution < -0.4 is 10.6 Å². The lowest BCUT2D eigenvalue weighted by Crippen LogP contribution is -2.40. The molecule has 1 heterocycles. The standard InChI is InChI=1S/C15H27N5OS2/c1-5-12-10-18-13(23-12)6-7-16-15(17-8-9-22-4)19-11-14(21)20(2)3/h10H,5-9,11H2,1-4H3,(H2,16,17,19). The number of rotatable bonds is 9. The molecule has 1 amide bonds. The summed E-state index contributed by atoms with van der Waals surface area (Å²) >= 11 is 3.52. The molecule has 0 aliphatic carbocycles. The van der Waals surface area contributed by atoms with Gasteiger partial charge in [-0.2, -0.15) is 11.8 Å². The third-order valence-corrected chi connectivity index (χ3v) is 4.86. The second kappa shape index (κ2) is 11.3. The highest BCUT2D eigenvalue weighted by atomic mass is 32.2. The van der Waals surface area contributed by atoms with Crippen LogP contribution in [0.25, 0.3) is 0 Å². The van der Waals surface area contributed by atoms with Crippen LogP contribution in [0.5, 0.6) is 0 Å². The summed E-state index contributed by atoms with van der Waals surface area (Å²) in [4.78, 5) is 23.3. The van der Waals surface area contributed by atoms with Crippen molar-refractivity contribution in [2.45, 2.75) is 19.8 Å². The van der Waals surface area contributed by atoms with Crippen LogP contribution in [0.3, 0.4) is 0 Å². The molecule has 0 bridgehead atoms. The molecular weight excluding hydrogens is 330 g/mol. The number of nitrogens with one attached hydrogen (secondary N) is 2. The van der Waals surface area contributed by atoms with Gasteiger partial charge in [0.05, 0.1) is 5.01 Å². The van der Waals surface area contributed by atoms with E-state index in [1.165, 1.54) is 4.88 Å². The first kappa shape index (κ1) is 19.8. The van der Waals surface area contributed by atoms with Gasteiger partial charge in [-0.15, -0.1) is 11.3 Å². The van der Waals surface area contributed by atoms with Crippen molar-refractivity contribution in [2.75, 3.05) is 45.7 Å². The molecule has 0 fully saturated rings. The number of hydrogen-bond acceptors (Lipinski definition) is 5. The molecule has 0 saturated heterocycles. The minimum atomic E-state index is -0.0107. The van der Waals surface area contributed by atoms with Crippen LogP contribution in [-0.2, 0) is 17.6 Å². The van der Waals surface area contributed by atoms with Gasteiger partial charge in [0.1, 0.15) is 6.54 Å². The maximum atomic E-state index is 11.7. The Labute approximate surface area is 147 Å². The van der Waals surface area contributed by atoms with Crippen molar-refractivity contribution in [2.24, 2.45) is 4.99 Å². The van der Waals surface area contributed by atoms with Crippen LogP contribution in [0.2, 0.25) is 0 Å². The normalized spacial score (nSPS) is 11.4. The summed E-state index contributed by atoms with van der Waals surface area (Å²) in [5.74, 6) is 1.67. The number of guanidine groups is 1. The number of aryl methyl sites for hydroxylation is 1. The average Bonchev–Trinajstić information content (AvgIpc) is 2.99. The quantitative estimate of drug-likeness (QED) is 0.395. The minimum Gasteiger partial charge on any atom is -0.356 e. The predicted molar refractivity (Wildman–Crippen MR) is 101 cm³/mol. The summed E-state index contributed by atoms with van der Waals surface area (Å²) in [5.41, 5.74) is 0. The largest absolute Gasteiger partial charge is 0.356 e. The number of thioether (sulfide) groups is 1. The first-order chi connectivity index (χ1) is 11.1. The number of hydrogen-bond donors (Lipinski definition) is 2. The Morgan fingerprint density at radius 3 is 2.74 bits per heavy atom. The van der Waals surface area contributed by atoms with E-state index in [-0.39, 0.29) is 12.5 Å². The van der Waals surface area contributed by atoms with Gasteiger partial charge in [0.2, 0.25) is 5.91 Å². The molecule has 0 aliphatic rings. The van der Waals surface area contributed by atoms with Gasteiger partial charge in [-0.1, -0.05) is 6.92 Å². The van der Waals surface area contributed by atoms with Crippen molar-refractivity contribution in [3.05, 3.63) is 16.1 Å². The van der Waals surface area contributed by atoms with Crippen molar-refractivity contribution in [1.82, 2.24) is 20.5 Å². The van der Waals surface area contributed by atoms with Crippen LogP contribution in [0.15, 0.2) is 11.2 Å². The molecule has 6 nitrogen and oxygen atoms in total. The van der Waals surface area contributed by atoms with Crippen LogP contribution in [0, 0.1) is 0 Å². The van der Waals surface area contributed by atoms with Crippen molar-refractivity contribution in [1.29, 1.82) is 0 Å². The average molecular weight is 358 g/mol. The van der Waals surface area contributed by atoms with E-state index in [1.807, 2.05) is 6.20 Å². The molecule has 0 spiro atoms. The molecule has 1 rings (SSSR count). The Hall–Kier alpha value is -1.28. The molecule has 130 valence electrons. The minimum absolute atomic E-state index is 0.0107. The van der Waals surface area contributed by atoms with E-state index in [0.717, 1.165) is 36.7 Å². The number of likely N-dealkylation sites (N-methyl/N-ethyl adjacent to an activating group) is 1. The van der Waals surface area contributed by atoms with Crippen molar-refractivity contribution in [3.63, 3.8) is 0 Å². The molecule has 23 heavy (non-hydrogen) atoms. The molecule has 1 aromatic heterocycles. The SMILES string of the molecule is CCc1cnc(CCNC(=NCC(=O)N(C)C)NCCSC)s1. The molecule has 1 aromatic rings. The summed E-state index contributed by atoms with van der Waals surface area (Å²) in [6.07, 6.45) is 5.90. The zero-order valence-electron chi connectivity index (χ0n) is 14.4. The third kappa shape index (κ3) is 8.22. The fraction of sp³-hybridized carbons (Fsp3) is 0.667. The Bertz CT molecular complexity index is 502. The van der Waals surface area contributed by atoms with Crippen LogP contribution >= 0.6 is 23.1 Å². The van der Waals surface area contributed by atoms with Gasteiger partial charge in [-0.25, -0.2) is 9.98 Å². The van der Waals surface area contributed by atoms with Gasteiger partial charge >= 0.3 is 0 Å². The lowest BCUT2D eigenvalue weighted by molar-refractivity contribution is -0.127. The van der Waals surface area contributed by atoms with E-state index in [2.05, 4.69) is 33.8 Å². The molecule has 0 atom stereocenters. The highest BCUT2D eigenvalue weighted by molar-refractivity contribution is 7.98. The van der Waals surface area contributed by atoms with E-state index >= 15 is 0 Å². The van der Waals surface area contributed by atoms with E-state index in [1.54, 1.807) is 42.1 Å². The number of nitrogens with zero attached hydrogens (tertiary/aromatic N) is 3. The first-order valence-corrected chi connectivity index (χ1v) is 9.92. The maximum Gasteiger partial charge on any atom is 0.243 e. The summed E-state index contributed by atoms with van der Waals surface area (Å²) < 4.78 is 0. The Kier molecular flexibility index (Phi) is 9.70. The van der Waals surface area contributed by atoms with Crippen LogP contribution in [-0.4, -0.2) is 67.5 Å². The van der Waals surface area contributed by atoms with Gasteiger partial charge in [0.15, 0.2) is 5.96 Å². The summed E-state index contributed by atoms with van der Waals surface area (Å²) in [6, 6.07) is 0. The number of aliphatic imine (C=N–C) groups is 1. The van der Waals surface area contributed by atoms with Crippen molar-refractivity contribution < 1.29 is 4.79 Å². The number of amides is 1. The first-order valence-electron chi connectivity index (χ1n) is 7.71. The highest BCUT2D eigenvalue weighted by Crippen LogP contribution is 2.13. The molecular formula is C15H27N5OS2. The molecule has 8 heteroatoms. The molecule has 0 saturated carbocycles. The van der Waals surface area contributed by atoms with Gasteiger partial charge in [-0.3, -0.25) is 4.79 Å². The second-order valence-electron chi connectivity index (χ2n) is 5.12. The molecule has 0 unspecified atom stereocenters. The topological polar surface area (TPSA) is 69.6 Å². The number of thiazole rings is 1. The maximum absolute atomic E-state index is 11.7. The molecule has 0 radical (unpaired) electrons. The summed E-state index contributed by atoms with van der Waals surface area (Å²) in [5, 5.41) is 7.65. The second-order valence-corrected chi connectivity index (χ2v) is 7.31. The van der Waals surface area contributed by atoms with Crippen molar-refractivity contribution in [3.8, 4) is 0 Å². The number of carbonyl (C=O) groups excluding carboxylic acids is 1. The third-order valence-electron chi connectivity index (χ3n) is 3.05. The lowest BCUT2D eigenvalue weighted by Gasteiger charge is -2.13. The van der Waals surface area contributed by atoms with Crippen molar-refractivity contribution >= 4 is 35.0 Å². The number of carbonyl (C=O) groups is 1. The fourth-order valence-corrected chi connectivity index (χ4v) is 2.82. The van der Waals surface area contributed by atoms with Gasteiger partial charge < -0.3 is 15.5 Å². The van der Waals surface area contributed by atoms with Gasteiger partial charge in [0, 0.05) is 50.4 Å². The zero-order chi connectivity index (χ0) is 17.1. The van der Waals surface area contributed by atoms with E-state index < -0.39 is 0 Å². The monoisotopic (exact) mass is 357 g/mol. The smallest absolute Gasteiger partial charge is 0.243 e. The summed E-state index contributed by atoms with van der Waals surface area (Å²) in [7, 11) is 3.47. The van der Waals surface area contributed by atoms with Crippen LogP contribution in [0.4, 0.5) is 0 Å². The predicted octanol–water partition coefficient (Wildman–Crippen LogP) is 1.23. The van der Waals surface area contributed by atoms with Gasteiger partial charge in [0.25, 0.3) is 0 Å². The van der Waals surface area contributed by atoms with E-state index in [4.69, 9.17) is 0 Å². The highest BCUT2D eigenvalue weighted by Gasteiger charge is 2.05. The fourth-order valence-electron chi connectivity index (χ4n) is 1.65. The Morgan fingerprint density at radius 1 is 1.39 bits per heavy atom. The van der Waals surface area contributed by atoms with Crippen LogP contribution in [0.1, 0.15) is 16.8 Å². The van der Waals surface area contributed by atoms with E-state index in [9.17, 15) is 4.79 Å².